The first-order valence-corrected chi connectivity index (χ1v) is 5.39. The number of aromatic nitrogens is 3. The highest BCUT2D eigenvalue weighted by molar-refractivity contribution is 4.83. The van der Waals surface area contributed by atoms with Gasteiger partial charge in [-0.2, -0.15) is 5.10 Å². The van der Waals surface area contributed by atoms with Crippen LogP contribution in [-0.2, 0) is 6.54 Å². The summed E-state index contributed by atoms with van der Waals surface area (Å²) < 4.78 is 2.00. The van der Waals surface area contributed by atoms with Gasteiger partial charge in [-0.1, -0.05) is 19.8 Å². The Morgan fingerprint density at radius 2 is 2.43 bits per heavy atom. The second kappa shape index (κ2) is 4.09. The van der Waals surface area contributed by atoms with Gasteiger partial charge < -0.3 is 5.73 Å². The molecule has 0 aromatic carbocycles. The lowest BCUT2D eigenvalue weighted by Crippen LogP contribution is -2.18. The van der Waals surface area contributed by atoms with E-state index in [-0.39, 0.29) is 0 Å². The van der Waals surface area contributed by atoms with Crippen molar-refractivity contribution in [1.29, 1.82) is 0 Å². The molecule has 0 aliphatic heterocycles. The van der Waals surface area contributed by atoms with E-state index in [9.17, 15) is 0 Å². The minimum absolute atomic E-state index is 0.440. The van der Waals surface area contributed by atoms with E-state index in [0.717, 1.165) is 11.7 Å². The molecule has 1 aromatic heterocycles. The SMILES string of the molecule is CC1CCCC(n2cnc(CN)n2)C1. The molecule has 0 saturated heterocycles. The average Bonchev–Trinajstić information content (AvgIpc) is 2.66. The van der Waals surface area contributed by atoms with Crippen LogP contribution in [0.2, 0.25) is 0 Å². The van der Waals surface area contributed by atoms with Crippen LogP contribution in [-0.4, -0.2) is 14.8 Å². The summed E-state index contributed by atoms with van der Waals surface area (Å²) in [5, 5.41) is 4.37. The highest BCUT2D eigenvalue weighted by Crippen LogP contribution is 2.31. The zero-order chi connectivity index (χ0) is 9.97. The van der Waals surface area contributed by atoms with Crippen molar-refractivity contribution in [2.24, 2.45) is 11.7 Å². The second-order valence-corrected chi connectivity index (χ2v) is 4.27. The van der Waals surface area contributed by atoms with E-state index < -0.39 is 0 Å². The molecular weight excluding hydrogens is 176 g/mol. The van der Waals surface area contributed by atoms with Crippen LogP contribution in [0, 0.1) is 5.92 Å². The fraction of sp³-hybridized carbons (Fsp3) is 0.800. The molecule has 0 radical (unpaired) electrons. The topological polar surface area (TPSA) is 56.7 Å². The Labute approximate surface area is 84.5 Å². The normalized spacial score (nSPS) is 27.9. The van der Waals surface area contributed by atoms with E-state index in [1.807, 2.05) is 11.0 Å². The van der Waals surface area contributed by atoms with Gasteiger partial charge in [0, 0.05) is 0 Å². The summed E-state index contributed by atoms with van der Waals surface area (Å²) in [6.07, 6.45) is 6.95. The van der Waals surface area contributed by atoms with Gasteiger partial charge in [0.05, 0.1) is 12.6 Å². The van der Waals surface area contributed by atoms with Gasteiger partial charge in [-0.05, 0) is 18.8 Å². The fourth-order valence-corrected chi connectivity index (χ4v) is 2.22. The predicted molar refractivity (Wildman–Crippen MR) is 54.6 cm³/mol. The first kappa shape index (κ1) is 9.65. The smallest absolute Gasteiger partial charge is 0.164 e. The molecule has 2 unspecified atom stereocenters. The maximum absolute atomic E-state index is 5.48. The van der Waals surface area contributed by atoms with Crippen molar-refractivity contribution in [2.45, 2.75) is 45.2 Å². The molecule has 4 heteroatoms. The molecule has 2 N–H and O–H groups in total. The molecule has 1 aliphatic carbocycles. The molecule has 0 bridgehead atoms. The zero-order valence-corrected chi connectivity index (χ0v) is 8.69. The molecule has 1 aliphatic rings. The number of hydrogen-bond acceptors (Lipinski definition) is 3. The minimum Gasteiger partial charge on any atom is -0.324 e. The first-order valence-electron chi connectivity index (χ1n) is 5.39. The van der Waals surface area contributed by atoms with Gasteiger partial charge in [-0.25, -0.2) is 9.67 Å². The summed E-state index contributed by atoms with van der Waals surface area (Å²) in [6, 6.07) is 0.548. The van der Waals surface area contributed by atoms with Crippen molar-refractivity contribution < 1.29 is 0 Å². The summed E-state index contributed by atoms with van der Waals surface area (Å²) in [5.41, 5.74) is 5.48. The Bertz CT molecular complexity index is 294. The van der Waals surface area contributed by atoms with Crippen molar-refractivity contribution >= 4 is 0 Å². The van der Waals surface area contributed by atoms with Gasteiger partial charge in [0.2, 0.25) is 0 Å². The first-order chi connectivity index (χ1) is 6.79. The molecular formula is C10H18N4. The van der Waals surface area contributed by atoms with Crippen LogP contribution in [0.5, 0.6) is 0 Å². The van der Waals surface area contributed by atoms with Crippen LogP contribution in [0.25, 0.3) is 0 Å². The van der Waals surface area contributed by atoms with E-state index in [0.29, 0.717) is 12.6 Å². The molecule has 1 aromatic rings. The summed E-state index contributed by atoms with van der Waals surface area (Å²) in [5.74, 6) is 1.57. The third-order valence-electron chi connectivity index (χ3n) is 3.02. The van der Waals surface area contributed by atoms with Gasteiger partial charge in [0.15, 0.2) is 5.82 Å². The van der Waals surface area contributed by atoms with Crippen molar-refractivity contribution in [3.05, 3.63) is 12.2 Å². The number of nitrogens with two attached hydrogens (primary N) is 1. The average molecular weight is 194 g/mol. The van der Waals surface area contributed by atoms with Crippen molar-refractivity contribution in [2.75, 3.05) is 0 Å². The van der Waals surface area contributed by atoms with Gasteiger partial charge in [0.1, 0.15) is 6.33 Å². The van der Waals surface area contributed by atoms with Gasteiger partial charge in [0.25, 0.3) is 0 Å². The van der Waals surface area contributed by atoms with E-state index in [4.69, 9.17) is 5.73 Å². The second-order valence-electron chi connectivity index (χ2n) is 4.27. The molecule has 0 spiro atoms. The Morgan fingerprint density at radius 1 is 1.57 bits per heavy atom. The fourth-order valence-electron chi connectivity index (χ4n) is 2.22. The van der Waals surface area contributed by atoms with Crippen molar-refractivity contribution in [1.82, 2.24) is 14.8 Å². The molecule has 1 saturated carbocycles. The van der Waals surface area contributed by atoms with Gasteiger partial charge in [-0.15, -0.1) is 0 Å². The number of hydrogen-bond donors (Lipinski definition) is 1. The number of nitrogens with zero attached hydrogens (tertiary/aromatic N) is 3. The van der Waals surface area contributed by atoms with E-state index in [2.05, 4.69) is 17.0 Å². The maximum atomic E-state index is 5.48. The standard InChI is InChI=1S/C10H18N4/c1-8-3-2-4-9(5-8)14-7-12-10(6-11)13-14/h7-9H,2-6,11H2,1H3. The lowest BCUT2D eigenvalue weighted by Gasteiger charge is -2.26. The Balaban J connectivity index is 2.06. The van der Waals surface area contributed by atoms with E-state index in [1.54, 1.807) is 0 Å². The molecule has 78 valence electrons. The summed E-state index contributed by atoms with van der Waals surface area (Å²) >= 11 is 0. The largest absolute Gasteiger partial charge is 0.324 e. The van der Waals surface area contributed by atoms with Gasteiger partial charge >= 0.3 is 0 Å². The highest BCUT2D eigenvalue weighted by atomic mass is 15.3. The highest BCUT2D eigenvalue weighted by Gasteiger charge is 2.20. The van der Waals surface area contributed by atoms with Crippen molar-refractivity contribution in [3.63, 3.8) is 0 Å². The maximum Gasteiger partial charge on any atom is 0.164 e. The minimum atomic E-state index is 0.440. The van der Waals surface area contributed by atoms with Crippen LogP contribution in [0.1, 0.15) is 44.5 Å². The van der Waals surface area contributed by atoms with E-state index >= 15 is 0 Å². The van der Waals surface area contributed by atoms with Crippen LogP contribution in [0.3, 0.4) is 0 Å². The van der Waals surface area contributed by atoms with Gasteiger partial charge in [-0.3, -0.25) is 0 Å². The van der Waals surface area contributed by atoms with E-state index in [1.165, 1.54) is 25.7 Å². The number of rotatable bonds is 2. The quantitative estimate of drug-likeness (QED) is 0.776. The Hall–Kier alpha value is -0.900. The molecule has 1 fully saturated rings. The Morgan fingerprint density at radius 3 is 3.07 bits per heavy atom. The van der Waals surface area contributed by atoms with Crippen LogP contribution in [0.4, 0.5) is 0 Å². The van der Waals surface area contributed by atoms with Crippen LogP contribution < -0.4 is 5.73 Å². The zero-order valence-electron chi connectivity index (χ0n) is 8.69. The van der Waals surface area contributed by atoms with Crippen LogP contribution >= 0.6 is 0 Å². The summed E-state index contributed by atoms with van der Waals surface area (Å²) in [4.78, 5) is 4.16. The third-order valence-corrected chi connectivity index (χ3v) is 3.02. The predicted octanol–water partition coefficient (Wildman–Crippen LogP) is 1.49. The summed E-state index contributed by atoms with van der Waals surface area (Å²) in [6.45, 7) is 2.75. The lowest BCUT2D eigenvalue weighted by atomic mass is 9.87. The van der Waals surface area contributed by atoms with Crippen molar-refractivity contribution in [3.8, 4) is 0 Å². The lowest BCUT2D eigenvalue weighted by molar-refractivity contribution is 0.265. The monoisotopic (exact) mass is 194 g/mol. The molecule has 4 nitrogen and oxygen atoms in total. The summed E-state index contributed by atoms with van der Waals surface area (Å²) in [7, 11) is 0. The molecule has 14 heavy (non-hydrogen) atoms. The van der Waals surface area contributed by atoms with Crippen LogP contribution in [0.15, 0.2) is 6.33 Å². The molecule has 2 rings (SSSR count). The third kappa shape index (κ3) is 1.95. The molecule has 0 amide bonds. The molecule has 1 heterocycles. The Kier molecular flexibility index (Phi) is 2.82. The molecule has 2 atom stereocenters.